The van der Waals surface area contributed by atoms with Crippen molar-refractivity contribution in [3.63, 3.8) is 0 Å². The summed E-state index contributed by atoms with van der Waals surface area (Å²) in [6.07, 6.45) is 0.886. The Morgan fingerprint density at radius 3 is 2.78 bits per heavy atom. The van der Waals surface area contributed by atoms with E-state index in [1.165, 1.54) is 4.88 Å². The molecule has 124 valence electrons. The van der Waals surface area contributed by atoms with Gasteiger partial charge < -0.3 is 20.1 Å². The number of hydrogen-bond donors (Lipinski definition) is 2. The molecule has 0 aliphatic rings. The highest BCUT2D eigenvalue weighted by atomic mass is 32.1. The van der Waals surface area contributed by atoms with Gasteiger partial charge in [-0.05, 0) is 30.0 Å². The van der Waals surface area contributed by atoms with Crippen LogP contribution in [0.25, 0.3) is 0 Å². The molecule has 0 saturated carbocycles. The molecule has 0 aliphatic carbocycles. The van der Waals surface area contributed by atoms with Crippen molar-refractivity contribution in [2.75, 3.05) is 27.3 Å². The third-order valence-corrected chi connectivity index (χ3v) is 4.03. The van der Waals surface area contributed by atoms with Crippen molar-refractivity contribution in [3.8, 4) is 11.5 Å². The lowest BCUT2D eigenvalue weighted by molar-refractivity contribution is 0.308. The fourth-order valence-electron chi connectivity index (χ4n) is 1.96. The molecule has 0 bridgehead atoms. The minimum absolute atomic E-state index is 0.641. The maximum Gasteiger partial charge on any atom is 0.191 e. The molecule has 0 radical (unpaired) electrons. The van der Waals surface area contributed by atoms with Crippen molar-refractivity contribution in [1.29, 1.82) is 0 Å². The molecular weight excluding hydrogens is 310 g/mol. The number of benzene rings is 1. The molecule has 0 spiro atoms. The van der Waals surface area contributed by atoms with Crippen molar-refractivity contribution in [2.24, 2.45) is 4.99 Å². The normalized spacial score (nSPS) is 11.1. The molecule has 6 heteroatoms. The lowest BCUT2D eigenvalue weighted by Gasteiger charge is -2.12. The Balaban J connectivity index is 1.61. The molecule has 1 aromatic heterocycles. The first-order chi connectivity index (χ1) is 11.3. The van der Waals surface area contributed by atoms with Crippen LogP contribution in [0.4, 0.5) is 0 Å². The maximum absolute atomic E-state index is 5.70. The largest absolute Gasteiger partial charge is 0.497 e. The van der Waals surface area contributed by atoms with E-state index < -0.39 is 0 Å². The maximum atomic E-state index is 5.70. The van der Waals surface area contributed by atoms with Crippen LogP contribution in [0.1, 0.15) is 11.3 Å². The van der Waals surface area contributed by atoms with Crippen LogP contribution in [-0.4, -0.2) is 33.3 Å². The summed E-state index contributed by atoms with van der Waals surface area (Å²) in [5.74, 6) is 2.43. The number of nitrogens with one attached hydrogen (secondary N) is 2. The summed E-state index contributed by atoms with van der Waals surface area (Å²) >= 11 is 1.73. The van der Waals surface area contributed by atoms with Crippen LogP contribution >= 0.6 is 11.3 Å². The zero-order valence-electron chi connectivity index (χ0n) is 13.5. The van der Waals surface area contributed by atoms with Crippen molar-refractivity contribution < 1.29 is 9.47 Å². The van der Waals surface area contributed by atoms with Gasteiger partial charge in [0.25, 0.3) is 0 Å². The van der Waals surface area contributed by atoms with Gasteiger partial charge in [-0.1, -0.05) is 12.1 Å². The average Bonchev–Trinajstić information content (AvgIpc) is 3.11. The number of nitrogens with zero attached hydrogens (tertiary/aromatic N) is 1. The molecule has 2 rings (SSSR count). The van der Waals surface area contributed by atoms with Crippen molar-refractivity contribution in [2.45, 2.75) is 13.0 Å². The van der Waals surface area contributed by atoms with E-state index in [1.54, 1.807) is 25.5 Å². The molecule has 0 atom stereocenters. The summed E-state index contributed by atoms with van der Waals surface area (Å²) in [4.78, 5) is 5.49. The summed E-state index contributed by atoms with van der Waals surface area (Å²) in [6, 6.07) is 11.8. The number of hydrogen-bond acceptors (Lipinski definition) is 4. The summed E-state index contributed by atoms with van der Waals surface area (Å²) in [6.45, 7) is 2.23. The number of ether oxygens (including phenoxy) is 2. The van der Waals surface area contributed by atoms with Crippen molar-refractivity contribution in [3.05, 3.63) is 46.7 Å². The summed E-state index contributed by atoms with van der Waals surface area (Å²) in [5.41, 5.74) is 0. The van der Waals surface area contributed by atoms with Crippen LogP contribution < -0.4 is 20.1 Å². The minimum atomic E-state index is 0.641. The third kappa shape index (κ3) is 6.20. The quantitative estimate of drug-likeness (QED) is 0.443. The van der Waals surface area contributed by atoms with Gasteiger partial charge in [0.15, 0.2) is 5.96 Å². The van der Waals surface area contributed by atoms with Gasteiger partial charge in [0.2, 0.25) is 0 Å². The molecule has 0 unspecified atom stereocenters. The van der Waals surface area contributed by atoms with E-state index in [0.717, 1.165) is 37.0 Å². The Labute approximate surface area is 141 Å². The van der Waals surface area contributed by atoms with Crippen LogP contribution in [0, 0.1) is 0 Å². The molecule has 2 N–H and O–H groups in total. The van der Waals surface area contributed by atoms with Gasteiger partial charge in [-0.25, -0.2) is 0 Å². The van der Waals surface area contributed by atoms with Crippen LogP contribution in [0.3, 0.4) is 0 Å². The smallest absolute Gasteiger partial charge is 0.191 e. The van der Waals surface area contributed by atoms with Gasteiger partial charge in [-0.3, -0.25) is 4.99 Å². The van der Waals surface area contributed by atoms with Gasteiger partial charge in [0.1, 0.15) is 11.5 Å². The number of methoxy groups -OCH3 is 1. The number of aliphatic imine (C=N–C) groups is 1. The van der Waals surface area contributed by atoms with Crippen LogP contribution in [-0.2, 0) is 6.54 Å². The van der Waals surface area contributed by atoms with Gasteiger partial charge >= 0.3 is 0 Å². The summed E-state index contributed by atoms with van der Waals surface area (Å²) in [7, 11) is 3.42. The number of rotatable bonds is 8. The Morgan fingerprint density at radius 2 is 2.04 bits per heavy atom. The van der Waals surface area contributed by atoms with E-state index >= 15 is 0 Å². The minimum Gasteiger partial charge on any atom is -0.497 e. The highest BCUT2D eigenvalue weighted by molar-refractivity contribution is 7.09. The molecule has 0 amide bonds. The fraction of sp³-hybridized carbons (Fsp3) is 0.353. The van der Waals surface area contributed by atoms with E-state index in [-0.39, 0.29) is 0 Å². The monoisotopic (exact) mass is 333 g/mol. The predicted molar refractivity (Wildman–Crippen MR) is 95.6 cm³/mol. The molecular formula is C17H23N3O2S. The molecule has 1 aromatic carbocycles. The summed E-state index contributed by atoms with van der Waals surface area (Å²) < 4.78 is 10.9. The Hall–Kier alpha value is -2.21. The lowest BCUT2D eigenvalue weighted by Crippen LogP contribution is -2.37. The predicted octanol–water partition coefficient (Wildman–Crippen LogP) is 2.89. The average molecular weight is 333 g/mol. The van der Waals surface area contributed by atoms with E-state index in [2.05, 4.69) is 27.1 Å². The van der Waals surface area contributed by atoms with E-state index in [9.17, 15) is 0 Å². The van der Waals surface area contributed by atoms with E-state index in [1.807, 2.05) is 30.3 Å². The van der Waals surface area contributed by atoms with Crippen molar-refractivity contribution >= 4 is 17.3 Å². The number of guanidine groups is 1. The topological polar surface area (TPSA) is 54.9 Å². The zero-order valence-corrected chi connectivity index (χ0v) is 14.4. The molecule has 0 aliphatic heterocycles. The Kier molecular flexibility index (Phi) is 7.26. The standard InChI is InChI=1S/C17H23N3O2S/c1-18-17(20-13-16-8-4-11-23-16)19-9-5-10-22-15-7-3-6-14(12-15)21-2/h3-4,6-8,11-12H,5,9-10,13H2,1-2H3,(H2,18,19,20). The Bertz CT molecular complexity index is 600. The van der Waals surface area contributed by atoms with Crippen molar-refractivity contribution in [1.82, 2.24) is 10.6 Å². The lowest BCUT2D eigenvalue weighted by atomic mass is 10.3. The first-order valence-electron chi connectivity index (χ1n) is 7.55. The summed E-state index contributed by atoms with van der Waals surface area (Å²) in [5, 5.41) is 8.64. The molecule has 2 aromatic rings. The second-order valence-electron chi connectivity index (χ2n) is 4.81. The van der Waals surface area contributed by atoms with Gasteiger partial charge in [0.05, 0.1) is 20.3 Å². The second-order valence-corrected chi connectivity index (χ2v) is 5.85. The molecule has 23 heavy (non-hydrogen) atoms. The number of thiophene rings is 1. The molecule has 5 nitrogen and oxygen atoms in total. The van der Waals surface area contributed by atoms with Crippen LogP contribution in [0.15, 0.2) is 46.8 Å². The zero-order chi connectivity index (χ0) is 16.3. The van der Waals surface area contributed by atoms with Gasteiger partial charge in [0, 0.05) is 24.5 Å². The molecule has 0 fully saturated rings. The Morgan fingerprint density at radius 1 is 1.17 bits per heavy atom. The molecule has 0 saturated heterocycles. The highest BCUT2D eigenvalue weighted by Crippen LogP contribution is 2.18. The van der Waals surface area contributed by atoms with E-state index in [4.69, 9.17) is 9.47 Å². The van der Waals surface area contributed by atoms with E-state index in [0.29, 0.717) is 6.61 Å². The highest BCUT2D eigenvalue weighted by Gasteiger charge is 2.00. The van der Waals surface area contributed by atoms with Gasteiger partial charge in [-0.15, -0.1) is 11.3 Å². The first kappa shape index (κ1) is 17.1. The van der Waals surface area contributed by atoms with Crippen LogP contribution in [0.2, 0.25) is 0 Å². The van der Waals surface area contributed by atoms with Gasteiger partial charge in [-0.2, -0.15) is 0 Å². The fourth-order valence-corrected chi connectivity index (χ4v) is 2.61. The molecule has 1 heterocycles. The second kappa shape index (κ2) is 9.74. The third-order valence-electron chi connectivity index (χ3n) is 3.16. The first-order valence-corrected chi connectivity index (χ1v) is 8.43. The SMILES string of the molecule is CN=C(NCCCOc1cccc(OC)c1)NCc1cccs1. The van der Waals surface area contributed by atoms with Crippen LogP contribution in [0.5, 0.6) is 11.5 Å².